The van der Waals surface area contributed by atoms with Crippen LogP contribution in [0.2, 0.25) is 0 Å². The number of hydrogen-bond acceptors (Lipinski definition) is 5. The monoisotopic (exact) mass is 289 g/mol. The second-order valence-corrected chi connectivity index (χ2v) is 6.06. The van der Waals surface area contributed by atoms with Gasteiger partial charge in [0.25, 0.3) is 0 Å². The van der Waals surface area contributed by atoms with E-state index in [1.165, 1.54) is 11.5 Å². The molecule has 106 valence electrons. The zero-order valence-electron chi connectivity index (χ0n) is 11.6. The standard InChI is InChI=1S/C15H19N3OS/c1-11(19)12-7-9-18(10-8-12)15-16-14(17-20-15)13-5-3-2-4-6-13/h2-6,11-12,19H,7-10H2,1H3. The van der Waals surface area contributed by atoms with E-state index in [-0.39, 0.29) is 6.10 Å². The first-order chi connectivity index (χ1) is 9.74. The van der Waals surface area contributed by atoms with Gasteiger partial charge in [0.05, 0.1) is 6.10 Å². The summed E-state index contributed by atoms with van der Waals surface area (Å²) in [6.45, 7) is 3.80. The van der Waals surface area contributed by atoms with Crippen LogP contribution in [0.25, 0.3) is 11.4 Å². The molecule has 1 aliphatic heterocycles. The molecule has 1 N–H and O–H groups in total. The van der Waals surface area contributed by atoms with Crippen molar-refractivity contribution in [3.63, 3.8) is 0 Å². The second kappa shape index (κ2) is 5.89. The van der Waals surface area contributed by atoms with Crippen molar-refractivity contribution in [2.24, 2.45) is 5.92 Å². The lowest BCUT2D eigenvalue weighted by atomic mass is 9.92. The highest BCUT2D eigenvalue weighted by Gasteiger charge is 2.24. The van der Waals surface area contributed by atoms with Gasteiger partial charge >= 0.3 is 0 Å². The van der Waals surface area contributed by atoms with Gasteiger partial charge in [0.15, 0.2) is 5.82 Å². The molecule has 1 saturated heterocycles. The van der Waals surface area contributed by atoms with Gasteiger partial charge in [0.1, 0.15) is 0 Å². The van der Waals surface area contributed by atoms with Gasteiger partial charge in [-0.3, -0.25) is 0 Å². The molecule has 1 aromatic heterocycles. The van der Waals surface area contributed by atoms with Crippen molar-refractivity contribution in [3.8, 4) is 11.4 Å². The van der Waals surface area contributed by atoms with Crippen LogP contribution in [0.1, 0.15) is 19.8 Å². The Bertz CT molecular complexity index is 547. The second-order valence-electron chi connectivity index (χ2n) is 5.33. The van der Waals surface area contributed by atoms with E-state index < -0.39 is 0 Å². The van der Waals surface area contributed by atoms with E-state index in [2.05, 4.69) is 14.3 Å². The van der Waals surface area contributed by atoms with E-state index in [4.69, 9.17) is 0 Å². The van der Waals surface area contributed by atoms with Crippen molar-refractivity contribution < 1.29 is 5.11 Å². The minimum Gasteiger partial charge on any atom is -0.393 e. The van der Waals surface area contributed by atoms with Crippen LogP contribution in [-0.4, -0.2) is 33.7 Å². The number of nitrogens with zero attached hydrogens (tertiary/aromatic N) is 3. The summed E-state index contributed by atoms with van der Waals surface area (Å²) in [5.74, 6) is 1.23. The molecule has 2 heterocycles. The van der Waals surface area contributed by atoms with Gasteiger partial charge in [-0.15, -0.1) is 0 Å². The van der Waals surface area contributed by atoms with Gasteiger partial charge in [-0.05, 0) is 25.7 Å². The van der Waals surface area contributed by atoms with Crippen LogP contribution in [0.5, 0.6) is 0 Å². The molecule has 3 rings (SSSR count). The normalized spacial score (nSPS) is 18.2. The van der Waals surface area contributed by atoms with E-state index in [0.29, 0.717) is 5.92 Å². The number of aromatic nitrogens is 2. The lowest BCUT2D eigenvalue weighted by Crippen LogP contribution is -2.36. The average Bonchev–Trinajstić information content (AvgIpc) is 2.98. The summed E-state index contributed by atoms with van der Waals surface area (Å²) in [6.07, 6.45) is 1.85. The topological polar surface area (TPSA) is 49.2 Å². The summed E-state index contributed by atoms with van der Waals surface area (Å²) >= 11 is 1.46. The molecule has 5 heteroatoms. The summed E-state index contributed by atoms with van der Waals surface area (Å²) in [5.41, 5.74) is 1.06. The Labute approximate surface area is 123 Å². The van der Waals surface area contributed by atoms with Gasteiger partial charge in [0.2, 0.25) is 5.13 Å². The van der Waals surface area contributed by atoms with Crippen LogP contribution in [0.3, 0.4) is 0 Å². The van der Waals surface area contributed by atoms with E-state index in [0.717, 1.165) is 42.5 Å². The lowest BCUT2D eigenvalue weighted by Gasteiger charge is -2.32. The van der Waals surface area contributed by atoms with Crippen LogP contribution in [0.15, 0.2) is 30.3 Å². The van der Waals surface area contributed by atoms with E-state index in [1.807, 2.05) is 37.3 Å². The molecule has 1 atom stereocenters. The predicted octanol–water partition coefficient (Wildman–Crippen LogP) is 2.80. The van der Waals surface area contributed by atoms with E-state index in [9.17, 15) is 5.11 Å². The fourth-order valence-electron chi connectivity index (χ4n) is 2.62. The molecular weight excluding hydrogens is 270 g/mol. The van der Waals surface area contributed by atoms with Crippen molar-refractivity contribution in [1.82, 2.24) is 9.36 Å². The Balaban J connectivity index is 1.69. The smallest absolute Gasteiger partial charge is 0.205 e. The van der Waals surface area contributed by atoms with E-state index >= 15 is 0 Å². The van der Waals surface area contributed by atoms with Crippen molar-refractivity contribution in [1.29, 1.82) is 0 Å². The number of rotatable bonds is 3. The maximum absolute atomic E-state index is 9.64. The first kappa shape index (κ1) is 13.5. The Hall–Kier alpha value is -1.46. The molecule has 0 amide bonds. The summed E-state index contributed by atoms with van der Waals surface area (Å²) in [4.78, 5) is 6.93. The van der Waals surface area contributed by atoms with Crippen molar-refractivity contribution in [2.75, 3.05) is 18.0 Å². The van der Waals surface area contributed by atoms with Crippen LogP contribution in [0, 0.1) is 5.92 Å². The molecule has 1 aromatic carbocycles. The number of anilines is 1. The molecule has 1 unspecified atom stereocenters. The molecule has 0 saturated carbocycles. The Morgan fingerprint density at radius 2 is 1.95 bits per heavy atom. The van der Waals surface area contributed by atoms with Crippen LogP contribution >= 0.6 is 11.5 Å². The van der Waals surface area contributed by atoms with Gasteiger partial charge in [-0.1, -0.05) is 30.3 Å². The van der Waals surface area contributed by atoms with Crippen molar-refractivity contribution in [3.05, 3.63) is 30.3 Å². The zero-order valence-corrected chi connectivity index (χ0v) is 12.4. The summed E-state index contributed by atoms with van der Waals surface area (Å²) in [6, 6.07) is 10.1. The highest BCUT2D eigenvalue weighted by Crippen LogP contribution is 2.28. The third-order valence-electron chi connectivity index (χ3n) is 3.94. The van der Waals surface area contributed by atoms with Gasteiger partial charge in [-0.25, -0.2) is 0 Å². The van der Waals surface area contributed by atoms with Gasteiger partial charge in [0, 0.05) is 30.2 Å². The fourth-order valence-corrected chi connectivity index (χ4v) is 3.36. The number of benzene rings is 1. The molecule has 0 aliphatic carbocycles. The van der Waals surface area contributed by atoms with Crippen molar-refractivity contribution >= 4 is 16.7 Å². The predicted molar refractivity (Wildman–Crippen MR) is 82.0 cm³/mol. The maximum atomic E-state index is 9.64. The van der Waals surface area contributed by atoms with Gasteiger partial charge in [-0.2, -0.15) is 9.36 Å². The average molecular weight is 289 g/mol. The summed E-state index contributed by atoms with van der Waals surface area (Å²) in [7, 11) is 0. The number of piperidine rings is 1. The third kappa shape index (κ3) is 2.83. The Kier molecular flexibility index (Phi) is 3.98. The quantitative estimate of drug-likeness (QED) is 0.944. The molecular formula is C15H19N3OS. The van der Waals surface area contributed by atoms with Crippen LogP contribution in [0.4, 0.5) is 5.13 Å². The molecule has 4 nitrogen and oxygen atoms in total. The summed E-state index contributed by atoms with van der Waals surface area (Å²) in [5, 5.41) is 10.6. The first-order valence-corrected chi connectivity index (χ1v) is 7.83. The minimum absolute atomic E-state index is 0.202. The molecule has 0 spiro atoms. The SMILES string of the molecule is CC(O)C1CCN(c2nc(-c3ccccc3)ns2)CC1. The highest BCUT2D eigenvalue weighted by molar-refractivity contribution is 7.09. The third-order valence-corrected chi connectivity index (χ3v) is 4.72. The van der Waals surface area contributed by atoms with Gasteiger partial charge < -0.3 is 10.0 Å². The molecule has 0 bridgehead atoms. The Morgan fingerprint density at radius 3 is 2.60 bits per heavy atom. The van der Waals surface area contributed by atoms with E-state index in [1.54, 1.807) is 0 Å². The first-order valence-electron chi connectivity index (χ1n) is 7.06. The lowest BCUT2D eigenvalue weighted by molar-refractivity contribution is 0.110. The molecule has 2 aromatic rings. The Morgan fingerprint density at radius 1 is 1.25 bits per heavy atom. The minimum atomic E-state index is -0.202. The molecule has 0 radical (unpaired) electrons. The molecule has 20 heavy (non-hydrogen) atoms. The van der Waals surface area contributed by atoms with Crippen molar-refractivity contribution in [2.45, 2.75) is 25.9 Å². The highest BCUT2D eigenvalue weighted by atomic mass is 32.1. The zero-order chi connectivity index (χ0) is 13.9. The number of aliphatic hydroxyl groups is 1. The largest absolute Gasteiger partial charge is 0.393 e. The fraction of sp³-hybridized carbons (Fsp3) is 0.467. The molecule has 1 aliphatic rings. The van der Waals surface area contributed by atoms with Crippen LogP contribution < -0.4 is 4.90 Å². The number of hydrogen-bond donors (Lipinski definition) is 1. The number of aliphatic hydroxyl groups excluding tert-OH is 1. The molecule has 1 fully saturated rings. The van der Waals surface area contributed by atoms with Crippen LogP contribution in [-0.2, 0) is 0 Å². The maximum Gasteiger partial charge on any atom is 0.205 e. The summed E-state index contributed by atoms with van der Waals surface area (Å²) < 4.78 is 4.46.